The van der Waals surface area contributed by atoms with E-state index in [4.69, 9.17) is 9.47 Å². The van der Waals surface area contributed by atoms with Gasteiger partial charge in [0.2, 0.25) is 0 Å². The van der Waals surface area contributed by atoms with E-state index in [0.717, 1.165) is 42.1 Å². The number of ether oxygens (including phenoxy) is 2. The normalized spacial score (nSPS) is 10.2. The van der Waals surface area contributed by atoms with Crippen LogP contribution in [0.1, 0.15) is 25.8 Å². The number of hydrogen-bond acceptors (Lipinski definition) is 3. The lowest BCUT2D eigenvalue weighted by molar-refractivity contribution is 0.313. The first-order valence-corrected chi connectivity index (χ1v) is 6.38. The zero-order chi connectivity index (χ0) is 13.4. The molecule has 0 aromatic heterocycles. The van der Waals surface area contributed by atoms with Gasteiger partial charge in [-0.3, -0.25) is 0 Å². The molecule has 0 bridgehead atoms. The summed E-state index contributed by atoms with van der Waals surface area (Å²) in [4.78, 5) is 0. The van der Waals surface area contributed by atoms with Gasteiger partial charge in [0.15, 0.2) is 11.5 Å². The van der Waals surface area contributed by atoms with Crippen molar-refractivity contribution < 1.29 is 9.47 Å². The van der Waals surface area contributed by atoms with Crippen molar-refractivity contribution >= 4 is 0 Å². The second kappa shape index (κ2) is 7.77. The Morgan fingerprint density at radius 2 is 2.11 bits per heavy atom. The predicted molar refractivity (Wildman–Crippen MR) is 75.3 cm³/mol. The summed E-state index contributed by atoms with van der Waals surface area (Å²) < 4.78 is 11.2. The van der Waals surface area contributed by atoms with Gasteiger partial charge in [-0.1, -0.05) is 32.6 Å². The summed E-state index contributed by atoms with van der Waals surface area (Å²) in [5, 5.41) is 3.30. The maximum atomic E-state index is 5.84. The molecule has 0 atom stereocenters. The number of hydrogen-bond donors (Lipinski definition) is 1. The van der Waals surface area contributed by atoms with Crippen molar-refractivity contribution in [3.63, 3.8) is 0 Å². The Morgan fingerprint density at radius 3 is 2.72 bits per heavy atom. The topological polar surface area (TPSA) is 30.5 Å². The molecule has 0 amide bonds. The lowest BCUT2D eigenvalue weighted by Crippen LogP contribution is -2.13. The molecule has 0 aliphatic rings. The molecule has 1 N–H and O–H groups in total. The standard InChI is InChI=1S/C15H23NO2/c1-5-12(3)11-18-15-13(10-16-6-2)8-7-9-14(15)17-4/h7-9,16H,3,5-6,10-11H2,1-2,4H3. The molecule has 3 heteroatoms. The van der Waals surface area contributed by atoms with E-state index in [1.54, 1.807) is 7.11 Å². The van der Waals surface area contributed by atoms with Gasteiger partial charge >= 0.3 is 0 Å². The molecular formula is C15H23NO2. The molecule has 0 unspecified atom stereocenters. The summed E-state index contributed by atoms with van der Waals surface area (Å²) >= 11 is 0. The molecule has 18 heavy (non-hydrogen) atoms. The van der Waals surface area contributed by atoms with Crippen molar-refractivity contribution in [1.29, 1.82) is 0 Å². The molecule has 0 saturated heterocycles. The van der Waals surface area contributed by atoms with E-state index in [9.17, 15) is 0 Å². The minimum atomic E-state index is 0.538. The van der Waals surface area contributed by atoms with Crippen LogP contribution in [0.3, 0.4) is 0 Å². The molecule has 0 heterocycles. The van der Waals surface area contributed by atoms with Crippen molar-refractivity contribution in [2.24, 2.45) is 0 Å². The van der Waals surface area contributed by atoms with Crippen LogP contribution in [0.15, 0.2) is 30.4 Å². The van der Waals surface area contributed by atoms with Crippen molar-refractivity contribution in [2.45, 2.75) is 26.8 Å². The average Bonchev–Trinajstić information content (AvgIpc) is 2.42. The van der Waals surface area contributed by atoms with Gasteiger partial charge in [-0.25, -0.2) is 0 Å². The first-order chi connectivity index (χ1) is 8.72. The zero-order valence-corrected chi connectivity index (χ0v) is 11.6. The third-order valence-electron chi connectivity index (χ3n) is 2.77. The summed E-state index contributed by atoms with van der Waals surface area (Å²) in [6.45, 7) is 10.4. The summed E-state index contributed by atoms with van der Waals surface area (Å²) in [7, 11) is 1.66. The molecule has 0 aliphatic heterocycles. The molecule has 100 valence electrons. The highest BCUT2D eigenvalue weighted by Gasteiger charge is 2.10. The monoisotopic (exact) mass is 249 g/mol. The van der Waals surface area contributed by atoms with Crippen LogP contribution in [0, 0.1) is 0 Å². The van der Waals surface area contributed by atoms with E-state index in [1.165, 1.54) is 0 Å². The van der Waals surface area contributed by atoms with Crippen LogP contribution in [-0.2, 0) is 6.54 Å². The zero-order valence-electron chi connectivity index (χ0n) is 11.6. The van der Waals surface area contributed by atoms with Crippen molar-refractivity contribution in [3.8, 4) is 11.5 Å². The van der Waals surface area contributed by atoms with E-state index in [1.807, 2.05) is 12.1 Å². The summed E-state index contributed by atoms with van der Waals surface area (Å²) in [5.41, 5.74) is 2.19. The molecule has 1 aromatic carbocycles. The molecule has 1 rings (SSSR count). The van der Waals surface area contributed by atoms with E-state index in [0.29, 0.717) is 6.61 Å². The van der Waals surface area contributed by atoms with E-state index in [-0.39, 0.29) is 0 Å². The Labute approximate surface area is 110 Å². The van der Waals surface area contributed by atoms with Crippen LogP contribution in [0.25, 0.3) is 0 Å². The highest BCUT2D eigenvalue weighted by atomic mass is 16.5. The summed E-state index contributed by atoms with van der Waals surface area (Å²) in [5.74, 6) is 1.59. The predicted octanol–water partition coefficient (Wildman–Crippen LogP) is 3.15. The van der Waals surface area contributed by atoms with Crippen molar-refractivity contribution in [1.82, 2.24) is 5.32 Å². The van der Waals surface area contributed by atoms with E-state index in [2.05, 4.69) is 31.8 Å². The molecule has 0 spiro atoms. The fraction of sp³-hybridized carbons (Fsp3) is 0.467. The molecule has 0 fully saturated rings. The molecule has 0 radical (unpaired) electrons. The van der Waals surface area contributed by atoms with Crippen LogP contribution in [0.2, 0.25) is 0 Å². The minimum Gasteiger partial charge on any atom is -0.493 e. The van der Waals surface area contributed by atoms with Crippen LogP contribution < -0.4 is 14.8 Å². The number of para-hydroxylation sites is 1. The van der Waals surface area contributed by atoms with Gasteiger partial charge in [0, 0.05) is 12.1 Å². The quantitative estimate of drug-likeness (QED) is 0.718. The van der Waals surface area contributed by atoms with Gasteiger partial charge < -0.3 is 14.8 Å². The fourth-order valence-corrected chi connectivity index (χ4v) is 1.56. The second-order valence-electron chi connectivity index (χ2n) is 4.12. The third-order valence-corrected chi connectivity index (χ3v) is 2.77. The van der Waals surface area contributed by atoms with Gasteiger partial charge in [-0.05, 0) is 24.6 Å². The van der Waals surface area contributed by atoms with E-state index < -0.39 is 0 Å². The molecule has 0 saturated carbocycles. The Balaban J connectivity index is 2.85. The van der Waals surface area contributed by atoms with Gasteiger partial charge in [0.25, 0.3) is 0 Å². The van der Waals surface area contributed by atoms with Crippen molar-refractivity contribution in [2.75, 3.05) is 20.3 Å². The molecule has 0 aliphatic carbocycles. The molecule has 1 aromatic rings. The highest BCUT2D eigenvalue weighted by molar-refractivity contribution is 5.46. The fourth-order valence-electron chi connectivity index (χ4n) is 1.56. The lowest BCUT2D eigenvalue weighted by Gasteiger charge is -2.15. The van der Waals surface area contributed by atoms with Gasteiger partial charge in [-0.2, -0.15) is 0 Å². The van der Waals surface area contributed by atoms with Gasteiger partial charge in [0.1, 0.15) is 6.61 Å². The Bertz CT molecular complexity index is 388. The Kier molecular flexibility index (Phi) is 6.29. The lowest BCUT2D eigenvalue weighted by atomic mass is 10.1. The van der Waals surface area contributed by atoms with Crippen LogP contribution in [0.4, 0.5) is 0 Å². The second-order valence-corrected chi connectivity index (χ2v) is 4.12. The number of methoxy groups -OCH3 is 1. The maximum absolute atomic E-state index is 5.84. The first-order valence-electron chi connectivity index (χ1n) is 6.38. The van der Waals surface area contributed by atoms with Gasteiger partial charge in [0.05, 0.1) is 7.11 Å². The largest absolute Gasteiger partial charge is 0.493 e. The highest BCUT2D eigenvalue weighted by Crippen LogP contribution is 2.31. The van der Waals surface area contributed by atoms with Crippen LogP contribution in [-0.4, -0.2) is 20.3 Å². The maximum Gasteiger partial charge on any atom is 0.166 e. The van der Waals surface area contributed by atoms with Crippen molar-refractivity contribution in [3.05, 3.63) is 35.9 Å². The van der Waals surface area contributed by atoms with Gasteiger partial charge in [-0.15, -0.1) is 0 Å². The number of benzene rings is 1. The minimum absolute atomic E-state index is 0.538. The molecular weight excluding hydrogens is 226 g/mol. The summed E-state index contributed by atoms with van der Waals surface area (Å²) in [6.07, 6.45) is 0.928. The Hall–Kier alpha value is -1.48. The molecule has 3 nitrogen and oxygen atoms in total. The van der Waals surface area contributed by atoms with E-state index >= 15 is 0 Å². The SMILES string of the molecule is C=C(CC)COc1c(CNCC)cccc1OC. The smallest absolute Gasteiger partial charge is 0.166 e. The average molecular weight is 249 g/mol. The van der Waals surface area contributed by atoms with Crippen LogP contribution >= 0.6 is 0 Å². The number of nitrogens with one attached hydrogen (secondary N) is 1. The first kappa shape index (κ1) is 14.6. The summed E-state index contributed by atoms with van der Waals surface area (Å²) in [6, 6.07) is 5.95. The Morgan fingerprint density at radius 1 is 1.33 bits per heavy atom. The third kappa shape index (κ3) is 4.08. The number of rotatable bonds is 8. The van der Waals surface area contributed by atoms with Crippen LogP contribution in [0.5, 0.6) is 11.5 Å².